The average Bonchev–Trinajstić information content (AvgIpc) is 2.45. The molecule has 0 aliphatic heterocycles. The van der Waals surface area contributed by atoms with Crippen molar-refractivity contribution in [1.82, 2.24) is 0 Å². The molecule has 2 aromatic carbocycles. The Hall–Kier alpha value is -2.20. The first-order valence-electron chi connectivity index (χ1n) is 6.48. The number of halogens is 1. The summed E-state index contributed by atoms with van der Waals surface area (Å²) in [6.07, 6.45) is 0.0742. The van der Waals surface area contributed by atoms with Crippen LogP contribution in [0.25, 0.3) is 0 Å². The molecule has 2 rings (SSSR count). The van der Waals surface area contributed by atoms with E-state index in [-0.39, 0.29) is 34.3 Å². The predicted molar refractivity (Wildman–Crippen MR) is 80.4 cm³/mol. The molecule has 0 saturated heterocycles. The summed E-state index contributed by atoms with van der Waals surface area (Å²) in [5.41, 5.74) is 0.803. The van der Waals surface area contributed by atoms with Gasteiger partial charge in [0.05, 0.1) is 17.2 Å². The Labute approximate surface area is 127 Å². The molecular weight excluding hydrogens is 292 g/mol. The van der Waals surface area contributed by atoms with E-state index in [2.05, 4.69) is 0 Å². The number of phenolic OH excluding ortho intramolecular Hbond substituents is 2. The molecule has 2 N–H and O–H groups in total. The van der Waals surface area contributed by atoms with Gasteiger partial charge >= 0.3 is 0 Å². The van der Waals surface area contributed by atoms with Crippen LogP contribution in [0.4, 0.5) is 0 Å². The van der Waals surface area contributed by atoms with Crippen molar-refractivity contribution in [1.29, 1.82) is 0 Å². The second-order valence-electron chi connectivity index (χ2n) is 4.46. The first-order chi connectivity index (χ1) is 10.0. The standard InChI is InChI=1S/C16H15ClO4/c1-2-21-16-6-4-3-5-10(16)7-13(18)11-8-12(17)15(20)9-14(11)19/h3-6,8-9,19-20H,2,7H2,1H3. The lowest BCUT2D eigenvalue weighted by Gasteiger charge is -2.10. The van der Waals surface area contributed by atoms with Gasteiger partial charge in [-0.25, -0.2) is 0 Å². The highest BCUT2D eigenvalue weighted by molar-refractivity contribution is 6.32. The molecular formula is C16H15ClO4. The summed E-state index contributed by atoms with van der Waals surface area (Å²) in [5, 5.41) is 19.2. The minimum atomic E-state index is -0.304. The lowest BCUT2D eigenvalue weighted by Crippen LogP contribution is -2.06. The van der Waals surface area contributed by atoms with Gasteiger partial charge in [-0.3, -0.25) is 4.79 Å². The molecule has 0 heterocycles. The van der Waals surface area contributed by atoms with Crippen molar-refractivity contribution in [3.05, 3.63) is 52.5 Å². The van der Waals surface area contributed by atoms with Crippen LogP contribution in [0.15, 0.2) is 36.4 Å². The third-order valence-electron chi connectivity index (χ3n) is 2.99. The Balaban J connectivity index is 2.28. The number of carbonyl (C=O) groups excluding carboxylic acids is 1. The highest BCUT2D eigenvalue weighted by Crippen LogP contribution is 2.32. The number of benzene rings is 2. The van der Waals surface area contributed by atoms with E-state index in [4.69, 9.17) is 16.3 Å². The van der Waals surface area contributed by atoms with Gasteiger partial charge in [0.1, 0.15) is 17.2 Å². The van der Waals surface area contributed by atoms with Gasteiger partial charge in [-0.2, -0.15) is 0 Å². The average molecular weight is 307 g/mol. The van der Waals surface area contributed by atoms with Crippen LogP contribution in [0, 0.1) is 0 Å². The SMILES string of the molecule is CCOc1ccccc1CC(=O)c1cc(Cl)c(O)cc1O. The zero-order valence-electron chi connectivity index (χ0n) is 11.5. The lowest BCUT2D eigenvalue weighted by molar-refractivity contribution is 0.0989. The van der Waals surface area contributed by atoms with Crippen LogP contribution in [0.5, 0.6) is 17.2 Å². The van der Waals surface area contributed by atoms with Crippen LogP contribution in [0.2, 0.25) is 5.02 Å². The molecule has 0 spiro atoms. The Morgan fingerprint density at radius 1 is 1.19 bits per heavy atom. The van der Waals surface area contributed by atoms with Crippen molar-refractivity contribution in [3.63, 3.8) is 0 Å². The Morgan fingerprint density at radius 3 is 2.62 bits per heavy atom. The van der Waals surface area contributed by atoms with Gasteiger partial charge in [0.15, 0.2) is 5.78 Å². The summed E-state index contributed by atoms with van der Waals surface area (Å²) in [5.74, 6) is -0.226. The summed E-state index contributed by atoms with van der Waals surface area (Å²) in [4.78, 5) is 12.3. The summed E-state index contributed by atoms with van der Waals surface area (Å²) in [6, 6.07) is 9.54. The predicted octanol–water partition coefficient (Wildman–Crippen LogP) is 3.58. The van der Waals surface area contributed by atoms with Crippen molar-refractivity contribution < 1.29 is 19.7 Å². The second kappa shape index (κ2) is 6.50. The van der Waals surface area contributed by atoms with E-state index in [9.17, 15) is 15.0 Å². The number of Topliss-reactive ketones (excluding diaryl/α,β-unsaturated/α-hetero) is 1. The molecule has 2 aromatic rings. The molecule has 21 heavy (non-hydrogen) atoms. The quantitative estimate of drug-likeness (QED) is 0.829. The number of aromatic hydroxyl groups is 2. The molecule has 0 atom stereocenters. The van der Waals surface area contributed by atoms with E-state index in [0.717, 1.165) is 11.6 Å². The van der Waals surface area contributed by atoms with Crippen molar-refractivity contribution >= 4 is 17.4 Å². The van der Waals surface area contributed by atoms with Gasteiger partial charge < -0.3 is 14.9 Å². The van der Waals surface area contributed by atoms with Crippen molar-refractivity contribution in [2.24, 2.45) is 0 Å². The fourth-order valence-electron chi connectivity index (χ4n) is 1.99. The largest absolute Gasteiger partial charge is 0.507 e. The maximum atomic E-state index is 12.3. The lowest BCUT2D eigenvalue weighted by atomic mass is 10.0. The van der Waals surface area contributed by atoms with Crippen LogP contribution in [0.3, 0.4) is 0 Å². The second-order valence-corrected chi connectivity index (χ2v) is 4.87. The molecule has 0 unspecified atom stereocenters. The minimum Gasteiger partial charge on any atom is -0.507 e. The van der Waals surface area contributed by atoms with Gasteiger partial charge in [-0.15, -0.1) is 0 Å². The van der Waals surface area contributed by atoms with E-state index in [0.29, 0.717) is 12.4 Å². The maximum Gasteiger partial charge on any atom is 0.171 e. The molecule has 0 radical (unpaired) electrons. The molecule has 0 aliphatic rings. The van der Waals surface area contributed by atoms with E-state index >= 15 is 0 Å². The molecule has 110 valence electrons. The molecule has 0 bridgehead atoms. The monoisotopic (exact) mass is 306 g/mol. The first-order valence-corrected chi connectivity index (χ1v) is 6.86. The Bertz CT molecular complexity index is 667. The van der Waals surface area contributed by atoms with Gasteiger partial charge in [0, 0.05) is 18.1 Å². The maximum absolute atomic E-state index is 12.3. The summed E-state index contributed by atoms with van der Waals surface area (Å²) < 4.78 is 5.47. The zero-order chi connectivity index (χ0) is 15.4. The molecule has 0 fully saturated rings. The summed E-state index contributed by atoms with van der Waals surface area (Å²) in [7, 11) is 0. The highest BCUT2D eigenvalue weighted by Gasteiger charge is 2.16. The number of rotatable bonds is 5. The van der Waals surface area contributed by atoms with Gasteiger partial charge in [-0.05, 0) is 19.1 Å². The fourth-order valence-corrected chi connectivity index (χ4v) is 2.15. The third kappa shape index (κ3) is 3.47. The van der Waals surface area contributed by atoms with Gasteiger partial charge in [0.2, 0.25) is 0 Å². The van der Waals surface area contributed by atoms with Crippen LogP contribution in [0.1, 0.15) is 22.8 Å². The first kappa shape index (κ1) is 15.2. The number of hydrogen-bond donors (Lipinski definition) is 2. The summed E-state index contributed by atoms with van der Waals surface area (Å²) >= 11 is 5.78. The number of para-hydroxylation sites is 1. The number of hydrogen-bond acceptors (Lipinski definition) is 4. The van der Waals surface area contributed by atoms with Crippen LogP contribution in [-0.2, 0) is 6.42 Å². The van der Waals surface area contributed by atoms with E-state index in [1.165, 1.54) is 6.07 Å². The molecule has 0 aliphatic carbocycles. The topological polar surface area (TPSA) is 66.8 Å². The molecule has 0 amide bonds. The molecule has 4 nitrogen and oxygen atoms in total. The zero-order valence-corrected chi connectivity index (χ0v) is 12.2. The van der Waals surface area contributed by atoms with E-state index in [1.807, 2.05) is 19.1 Å². The molecule has 0 saturated carbocycles. The minimum absolute atomic E-state index is 0.0224. The van der Waals surface area contributed by atoms with Crippen molar-refractivity contribution in [2.75, 3.05) is 6.61 Å². The van der Waals surface area contributed by atoms with Crippen LogP contribution in [-0.4, -0.2) is 22.6 Å². The van der Waals surface area contributed by atoms with Crippen molar-refractivity contribution in [2.45, 2.75) is 13.3 Å². The van der Waals surface area contributed by atoms with Crippen LogP contribution < -0.4 is 4.74 Å². The smallest absolute Gasteiger partial charge is 0.171 e. The van der Waals surface area contributed by atoms with E-state index < -0.39 is 0 Å². The number of ketones is 1. The number of phenols is 2. The fraction of sp³-hybridized carbons (Fsp3) is 0.188. The van der Waals surface area contributed by atoms with Crippen LogP contribution >= 0.6 is 11.6 Å². The van der Waals surface area contributed by atoms with E-state index in [1.54, 1.807) is 12.1 Å². The van der Waals surface area contributed by atoms with Gasteiger partial charge in [0.25, 0.3) is 0 Å². The van der Waals surface area contributed by atoms with Gasteiger partial charge in [-0.1, -0.05) is 29.8 Å². The normalized spacial score (nSPS) is 10.4. The summed E-state index contributed by atoms with van der Waals surface area (Å²) in [6.45, 7) is 2.37. The molecule has 5 heteroatoms. The highest BCUT2D eigenvalue weighted by atomic mass is 35.5. The molecule has 0 aromatic heterocycles. The van der Waals surface area contributed by atoms with Crippen molar-refractivity contribution in [3.8, 4) is 17.2 Å². The Morgan fingerprint density at radius 2 is 1.90 bits per heavy atom. The third-order valence-corrected chi connectivity index (χ3v) is 3.29. The number of ether oxygens (including phenoxy) is 1. The Kier molecular flexibility index (Phi) is 4.70. The number of carbonyl (C=O) groups is 1.